The van der Waals surface area contributed by atoms with Crippen LogP contribution in [-0.2, 0) is 17.6 Å². The second-order valence-corrected chi connectivity index (χ2v) is 7.94. The summed E-state index contributed by atoms with van der Waals surface area (Å²) in [7, 11) is 0. The third-order valence-corrected chi connectivity index (χ3v) is 5.73. The molecule has 1 fully saturated rings. The summed E-state index contributed by atoms with van der Waals surface area (Å²) in [5, 5.41) is 19.9. The van der Waals surface area contributed by atoms with Gasteiger partial charge in [0.15, 0.2) is 0 Å². The third kappa shape index (κ3) is 3.62. The molecule has 0 bridgehead atoms. The average Bonchev–Trinajstić information content (AvgIpc) is 2.90. The minimum Gasteiger partial charge on any atom is -0.507 e. The largest absolute Gasteiger partial charge is 0.507 e. The predicted molar refractivity (Wildman–Crippen MR) is 104 cm³/mol. The van der Waals surface area contributed by atoms with Crippen LogP contribution in [0.15, 0.2) is 24.3 Å². The van der Waals surface area contributed by atoms with E-state index in [-0.39, 0.29) is 11.8 Å². The van der Waals surface area contributed by atoms with Gasteiger partial charge in [-0.1, -0.05) is 24.3 Å². The molecular formula is C23H28O3. The highest BCUT2D eigenvalue weighted by Gasteiger charge is 2.34. The molecule has 1 aliphatic carbocycles. The first-order valence-electron chi connectivity index (χ1n) is 9.38. The Balaban J connectivity index is 1.70. The van der Waals surface area contributed by atoms with E-state index in [2.05, 4.69) is 0 Å². The van der Waals surface area contributed by atoms with Crippen molar-refractivity contribution in [2.24, 2.45) is 11.8 Å². The van der Waals surface area contributed by atoms with E-state index in [1.165, 1.54) is 0 Å². The van der Waals surface area contributed by atoms with Gasteiger partial charge in [-0.15, -0.1) is 0 Å². The van der Waals surface area contributed by atoms with Crippen molar-refractivity contribution in [1.82, 2.24) is 0 Å². The van der Waals surface area contributed by atoms with Crippen molar-refractivity contribution < 1.29 is 15.0 Å². The first-order chi connectivity index (χ1) is 12.3. The van der Waals surface area contributed by atoms with Crippen LogP contribution in [0.1, 0.15) is 46.2 Å². The van der Waals surface area contributed by atoms with Gasteiger partial charge in [0.05, 0.1) is 0 Å². The molecule has 0 spiro atoms. The molecule has 3 nitrogen and oxygen atoms in total. The van der Waals surface area contributed by atoms with Crippen LogP contribution in [0.5, 0.6) is 11.5 Å². The molecule has 26 heavy (non-hydrogen) atoms. The molecule has 3 heteroatoms. The highest BCUT2D eigenvalue weighted by Crippen LogP contribution is 2.34. The van der Waals surface area contributed by atoms with Gasteiger partial charge >= 0.3 is 0 Å². The minimum atomic E-state index is 0.0719. The number of hydrogen-bond acceptors (Lipinski definition) is 3. The topological polar surface area (TPSA) is 57.5 Å². The van der Waals surface area contributed by atoms with Crippen LogP contribution in [0, 0.1) is 39.5 Å². The Morgan fingerprint density at radius 1 is 0.731 bits per heavy atom. The fraction of sp³-hybridized carbons (Fsp3) is 0.435. The number of carbonyl (C=O) groups excluding carboxylic acids is 1. The van der Waals surface area contributed by atoms with Gasteiger partial charge in [0.1, 0.15) is 17.3 Å². The van der Waals surface area contributed by atoms with Crippen molar-refractivity contribution in [1.29, 1.82) is 0 Å². The number of ketones is 1. The zero-order valence-electron chi connectivity index (χ0n) is 16.1. The molecule has 0 radical (unpaired) electrons. The summed E-state index contributed by atoms with van der Waals surface area (Å²) >= 11 is 0. The number of benzene rings is 2. The van der Waals surface area contributed by atoms with Gasteiger partial charge in [-0.3, -0.25) is 4.79 Å². The number of aromatic hydroxyl groups is 2. The summed E-state index contributed by atoms with van der Waals surface area (Å²) in [6, 6.07) is 7.98. The summed E-state index contributed by atoms with van der Waals surface area (Å²) in [5.74, 6) is 1.20. The zero-order valence-corrected chi connectivity index (χ0v) is 16.1. The minimum absolute atomic E-state index is 0.0719. The highest BCUT2D eigenvalue weighted by molar-refractivity contribution is 5.86. The Kier molecular flexibility index (Phi) is 5.08. The molecule has 2 atom stereocenters. The van der Waals surface area contributed by atoms with E-state index >= 15 is 0 Å². The monoisotopic (exact) mass is 352 g/mol. The summed E-state index contributed by atoms with van der Waals surface area (Å²) in [6.07, 6.45) is 3.37. The van der Waals surface area contributed by atoms with Gasteiger partial charge in [0, 0.05) is 11.8 Å². The van der Waals surface area contributed by atoms with Crippen LogP contribution in [0.3, 0.4) is 0 Å². The Hall–Kier alpha value is -2.29. The summed E-state index contributed by atoms with van der Waals surface area (Å²) < 4.78 is 0. The van der Waals surface area contributed by atoms with Crippen molar-refractivity contribution in [3.63, 3.8) is 0 Å². The van der Waals surface area contributed by atoms with Gasteiger partial charge in [-0.2, -0.15) is 0 Å². The van der Waals surface area contributed by atoms with E-state index in [1.807, 2.05) is 52.0 Å². The smallest absolute Gasteiger partial charge is 0.139 e. The van der Waals surface area contributed by atoms with Crippen molar-refractivity contribution in [2.75, 3.05) is 0 Å². The standard InChI is InChI=1S/C23H28O3/c1-13-7-17(8-14(2)21(13)24)11-19-5-6-20(23(19)26)12-18-9-15(3)22(25)16(4)10-18/h7-10,19-20,24-25H,5-6,11-12H2,1-4H3. The number of hydrogen-bond donors (Lipinski definition) is 2. The second-order valence-electron chi connectivity index (χ2n) is 7.94. The molecule has 3 rings (SSSR count). The lowest BCUT2D eigenvalue weighted by Gasteiger charge is -2.14. The molecule has 1 saturated carbocycles. The summed E-state index contributed by atoms with van der Waals surface area (Å²) in [6.45, 7) is 7.61. The molecule has 2 N–H and O–H groups in total. The number of Topliss-reactive ketones (excluding diaryl/α,β-unsaturated/α-hetero) is 1. The van der Waals surface area contributed by atoms with E-state index in [4.69, 9.17) is 0 Å². The summed E-state index contributed by atoms with van der Waals surface area (Å²) in [4.78, 5) is 12.9. The summed E-state index contributed by atoms with van der Waals surface area (Å²) in [5.41, 5.74) is 5.75. The molecule has 0 amide bonds. The van der Waals surface area contributed by atoms with Crippen molar-refractivity contribution in [2.45, 2.75) is 53.4 Å². The van der Waals surface area contributed by atoms with E-state index in [1.54, 1.807) is 0 Å². The maximum atomic E-state index is 12.9. The lowest BCUT2D eigenvalue weighted by molar-refractivity contribution is -0.123. The Labute approximate surface area is 155 Å². The normalized spacial score (nSPS) is 19.9. The van der Waals surface area contributed by atoms with Gasteiger partial charge in [0.25, 0.3) is 0 Å². The van der Waals surface area contributed by atoms with Gasteiger partial charge in [0.2, 0.25) is 0 Å². The highest BCUT2D eigenvalue weighted by atomic mass is 16.3. The second kappa shape index (κ2) is 7.14. The SMILES string of the molecule is Cc1cc(CC2CCC(Cc3cc(C)c(O)c(C)c3)C2=O)cc(C)c1O. The number of aryl methyl sites for hydroxylation is 4. The maximum absolute atomic E-state index is 12.9. The molecule has 0 heterocycles. The van der Waals surface area contributed by atoms with Crippen LogP contribution in [-0.4, -0.2) is 16.0 Å². The fourth-order valence-electron chi connectivity index (χ4n) is 4.32. The molecule has 2 aromatic rings. The van der Waals surface area contributed by atoms with Gasteiger partial charge < -0.3 is 10.2 Å². The molecule has 1 aliphatic rings. The Bertz CT molecular complexity index is 735. The molecule has 138 valence electrons. The lowest BCUT2D eigenvalue weighted by Crippen LogP contribution is -2.18. The first kappa shape index (κ1) is 18.5. The number of phenols is 2. The van der Waals surface area contributed by atoms with Crippen LogP contribution < -0.4 is 0 Å². The molecule has 0 saturated heterocycles. The van der Waals surface area contributed by atoms with Crippen LogP contribution in [0.2, 0.25) is 0 Å². The van der Waals surface area contributed by atoms with Gasteiger partial charge in [-0.05, 0) is 86.8 Å². The lowest BCUT2D eigenvalue weighted by atomic mass is 9.90. The molecule has 0 aromatic heterocycles. The molecule has 0 aliphatic heterocycles. The number of phenolic OH excluding ortho intramolecular Hbond substituents is 2. The van der Waals surface area contributed by atoms with Crippen LogP contribution in [0.25, 0.3) is 0 Å². The zero-order chi connectivity index (χ0) is 19.0. The van der Waals surface area contributed by atoms with Crippen molar-refractivity contribution in [3.8, 4) is 11.5 Å². The van der Waals surface area contributed by atoms with Crippen LogP contribution in [0.4, 0.5) is 0 Å². The fourth-order valence-corrected chi connectivity index (χ4v) is 4.32. The van der Waals surface area contributed by atoms with E-state index in [9.17, 15) is 15.0 Å². The third-order valence-electron chi connectivity index (χ3n) is 5.73. The molecule has 2 aromatic carbocycles. The van der Waals surface area contributed by atoms with Crippen molar-refractivity contribution in [3.05, 3.63) is 57.6 Å². The Morgan fingerprint density at radius 2 is 1.04 bits per heavy atom. The van der Waals surface area contributed by atoms with E-state index in [0.29, 0.717) is 17.3 Å². The average molecular weight is 352 g/mol. The quantitative estimate of drug-likeness (QED) is 0.838. The van der Waals surface area contributed by atoms with Crippen LogP contribution >= 0.6 is 0 Å². The number of carbonyl (C=O) groups is 1. The van der Waals surface area contributed by atoms with Gasteiger partial charge in [-0.25, -0.2) is 0 Å². The first-order valence-corrected chi connectivity index (χ1v) is 9.38. The Morgan fingerprint density at radius 3 is 1.35 bits per heavy atom. The molecule has 2 unspecified atom stereocenters. The predicted octanol–water partition coefficient (Wildman–Crippen LogP) is 4.71. The maximum Gasteiger partial charge on any atom is 0.139 e. The number of rotatable bonds is 4. The van der Waals surface area contributed by atoms with E-state index < -0.39 is 0 Å². The van der Waals surface area contributed by atoms with E-state index in [0.717, 1.165) is 59.1 Å². The molecular weight excluding hydrogens is 324 g/mol. The van der Waals surface area contributed by atoms with Crippen molar-refractivity contribution >= 4 is 5.78 Å².